The van der Waals surface area contributed by atoms with Crippen LogP contribution < -0.4 is 11.3 Å². The molecule has 16 heavy (non-hydrogen) atoms. The van der Waals surface area contributed by atoms with Gasteiger partial charge in [0.15, 0.2) is 0 Å². The van der Waals surface area contributed by atoms with Gasteiger partial charge in [-0.15, -0.1) is 0 Å². The number of rotatable bonds is 3. The van der Waals surface area contributed by atoms with Gasteiger partial charge in [0.25, 0.3) is 5.91 Å². The van der Waals surface area contributed by atoms with E-state index in [0.717, 1.165) is 6.42 Å². The molecule has 88 valence electrons. The van der Waals surface area contributed by atoms with Gasteiger partial charge >= 0.3 is 0 Å². The molecule has 0 radical (unpaired) electrons. The lowest BCUT2D eigenvalue weighted by Crippen LogP contribution is -2.41. The highest BCUT2D eigenvalue weighted by atomic mass is 32.2. The van der Waals surface area contributed by atoms with Gasteiger partial charge in [-0.05, 0) is 12.5 Å². The zero-order valence-electron chi connectivity index (χ0n) is 8.43. The molecule has 0 saturated carbocycles. The van der Waals surface area contributed by atoms with Crippen molar-refractivity contribution in [2.45, 2.75) is 11.3 Å². The van der Waals surface area contributed by atoms with Crippen LogP contribution in [0.2, 0.25) is 0 Å². The summed E-state index contributed by atoms with van der Waals surface area (Å²) in [6, 6.07) is 1.27. The van der Waals surface area contributed by atoms with Crippen LogP contribution in [0.3, 0.4) is 0 Å². The molecule has 0 spiro atoms. The van der Waals surface area contributed by atoms with Crippen molar-refractivity contribution >= 4 is 15.9 Å². The zero-order valence-corrected chi connectivity index (χ0v) is 9.25. The molecule has 1 saturated heterocycles. The van der Waals surface area contributed by atoms with E-state index in [-0.39, 0.29) is 10.6 Å². The maximum atomic E-state index is 11.9. The van der Waals surface area contributed by atoms with Crippen LogP contribution in [0.5, 0.6) is 0 Å². The summed E-state index contributed by atoms with van der Waals surface area (Å²) in [5, 5.41) is 0. The zero-order chi connectivity index (χ0) is 11.8. The normalized spacial score (nSPS) is 16.8. The Hall–Kier alpha value is -1.38. The Morgan fingerprint density at radius 2 is 2.19 bits per heavy atom. The van der Waals surface area contributed by atoms with Crippen molar-refractivity contribution in [3.8, 4) is 0 Å². The predicted octanol–water partition coefficient (Wildman–Crippen LogP) is -0.987. The molecule has 1 amide bonds. The van der Waals surface area contributed by atoms with Gasteiger partial charge in [-0.1, -0.05) is 0 Å². The molecular weight excluding hydrogens is 232 g/mol. The molecule has 4 N–H and O–H groups in total. The highest BCUT2D eigenvalue weighted by molar-refractivity contribution is 7.89. The van der Waals surface area contributed by atoms with Crippen molar-refractivity contribution in [1.29, 1.82) is 0 Å². The number of hydrazine groups is 1. The van der Waals surface area contributed by atoms with Crippen molar-refractivity contribution in [3.05, 3.63) is 18.0 Å². The number of aromatic nitrogens is 1. The highest BCUT2D eigenvalue weighted by Crippen LogP contribution is 2.21. The Kier molecular flexibility index (Phi) is 2.70. The molecular formula is C8H12N4O3S. The Balaban J connectivity index is 2.27. The van der Waals surface area contributed by atoms with Crippen LogP contribution >= 0.6 is 0 Å². The van der Waals surface area contributed by atoms with E-state index in [1.807, 2.05) is 5.43 Å². The van der Waals surface area contributed by atoms with Gasteiger partial charge in [0.1, 0.15) is 10.6 Å². The van der Waals surface area contributed by atoms with E-state index in [4.69, 9.17) is 5.84 Å². The number of carbonyl (C=O) groups is 1. The van der Waals surface area contributed by atoms with E-state index in [2.05, 4.69) is 4.98 Å². The van der Waals surface area contributed by atoms with Gasteiger partial charge < -0.3 is 4.98 Å². The summed E-state index contributed by atoms with van der Waals surface area (Å²) in [6.45, 7) is 1.07. The average molecular weight is 244 g/mol. The quantitative estimate of drug-likeness (QED) is 0.360. The Morgan fingerprint density at radius 1 is 1.50 bits per heavy atom. The number of nitrogens with one attached hydrogen (secondary N) is 2. The lowest BCUT2D eigenvalue weighted by Gasteiger charge is -2.29. The molecule has 0 bridgehead atoms. The molecule has 2 heterocycles. The summed E-state index contributed by atoms with van der Waals surface area (Å²) in [4.78, 5) is 13.8. The largest absolute Gasteiger partial charge is 0.356 e. The second-order valence-corrected chi connectivity index (χ2v) is 5.42. The van der Waals surface area contributed by atoms with E-state index in [1.54, 1.807) is 0 Å². The number of amides is 1. The Labute approximate surface area is 92.6 Å². The maximum absolute atomic E-state index is 11.9. The summed E-state index contributed by atoms with van der Waals surface area (Å²) in [7, 11) is -3.44. The number of nitrogen functional groups attached to an aromatic ring is 1. The SMILES string of the molecule is NNC(=O)c1cc(S(=O)(=O)N2CCC2)c[nH]1. The van der Waals surface area contributed by atoms with Crippen LogP contribution in [0.15, 0.2) is 17.2 Å². The fourth-order valence-corrected chi connectivity index (χ4v) is 2.92. The topological polar surface area (TPSA) is 108 Å². The molecule has 1 aliphatic heterocycles. The lowest BCUT2D eigenvalue weighted by molar-refractivity contribution is 0.0949. The third-order valence-electron chi connectivity index (χ3n) is 2.49. The highest BCUT2D eigenvalue weighted by Gasteiger charge is 2.30. The molecule has 0 aromatic carbocycles. The third-order valence-corrected chi connectivity index (χ3v) is 4.36. The van der Waals surface area contributed by atoms with Crippen molar-refractivity contribution in [2.24, 2.45) is 5.84 Å². The van der Waals surface area contributed by atoms with Gasteiger partial charge in [-0.2, -0.15) is 4.31 Å². The fourth-order valence-electron chi connectivity index (χ4n) is 1.41. The molecule has 8 heteroatoms. The summed E-state index contributed by atoms with van der Waals surface area (Å²) in [5.41, 5.74) is 2.05. The first kappa shape index (κ1) is 11.1. The standard InChI is InChI=1S/C8H12N4O3S/c9-11-8(13)7-4-6(5-10-7)16(14,15)12-2-1-3-12/h4-5,10H,1-3,9H2,(H,11,13). The Bertz CT molecular complexity index is 503. The number of hydrogen-bond acceptors (Lipinski definition) is 4. The van der Waals surface area contributed by atoms with E-state index >= 15 is 0 Å². The second kappa shape index (κ2) is 3.89. The molecule has 0 unspecified atom stereocenters. The van der Waals surface area contributed by atoms with E-state index in [1.165, 1.54) is 16.6 Å². The minimum atomic E-state index is -3.44. The molecule has 0 atom stereocenters. The van der Waals surface area contributed by atoms with Crippen LogP contribution in [-0.2, 0) is 10.0 Å². The summed E-state index contributed by atoms with van der Waals surface area (Å²) in [6.07, 6.45) is 2.16. The average Bonchev–Trinajstić information content (AvgIpc) is 2.62. The number of nitrogens with zero attached hydrogens (tertiary/aromatic N) is 1. The Morgan fingerprint density at radius 3 is 2.69 bits per heavy atom. The van der Waals surface area contributed by atoms with Crippen molar-refractivity contribution in [1.82, 2.24) is 14.7 Å². The second-order valence-electron chi connectivity index (χ2n) is 3.48. The van der Waals surface area contributed by atoms with Crippen LogP contribution in [-0.4, -0.2) is 36.7 Å². The third kappa shape index (κ3) is 1.70. The minimum Gasteiger partial charge on any atom is -0.356 e. The predicted molar refractivity (Wildman–Crippen MR) is 55.8 cm³/mol. The number of aromatic amines is 1. The van der Waals surface area contributed by atoms with Gasteiger partial charge in [-0.25, -0.2) is 14.3 Å². The molecule has 0 aliphatic carbocycles. The van der Waals surface area contributed by atoms with E-state index in [0.29, 0.717) is 13.1 Å². The van der Waals surface area contributed by atoms with E-state index in [9.17, 15) is 13.2 Å². The molecule has 2 rings (SSSR count). The number of H-pyrrole nitrogens is 1. The first-order valence-corrected chi connectivity index (χ1v) is 6.19. The first-order valence-electron chi connectivity index (χ1n) is 4.75. The lowest BCUT2D eigenvalue weighted by atomic mass is 10.3. The van der Waals surface area contributed by atoms with Crippen LogP contribution in [0.25, 0.3) is 0 Å². The minimum absolute atomic E-state index is 0.0887. The van der Waals surface area contributed by atoms with Crippen LogP contribution in [0, 0.1) is 0 Å². The number of nitrogens with two attached hydrogens (primary N) is 1. The molecule has 1 aromatic rings. The molecule has 1 aromatic heterocycles. The van der Waals surface area contributed by atoms with Gasteiger partial charge in [0.05, 0.1) is 0 Å². The first-order chi connectivity index (χ1) is 7.55. The van der Waals surface area contributed by atoms with E-state index < -0.39 is 15.9 Å². The van der Waals surface area contributed by atoms with Gasteiger partial charge in [-0.3, -0.25) is 10.2 Å². The summed E-state index contributed by atoms with van der Waals surface area (Å²) in [5.74, 6) is 4.39. The van der Waals surface area contributed by atoms with Crippen LogP contribution in [0.1, 0.15) is 16.9 Å². The number of sulfonamides is 1. The van der Waals surface area contributed by atoms with Crippen LogP contribution in [0.4, 0.5) is 0 Å². The van der Waals surface area contributed by atoms with Gasteiger partial charge in [0.2, 0.25) is 10.0 Å². The monoisotopic (exact) mass is 244 g/mol. The summed E-state index contributed by atoms with van der Waals surface area (Å²) < 4.78 is 25.1. The smallest absolute Gasteiger partial charge is 0.281 e. The summed E-state index contributed by atoms with van der Waals surface area (Å²) >= 11 is 0. The van der Waals surface area contributed by atoms with Crippen molar-refractivity contribution < 1.29 is 13.2 Å². The molecule has 1 fully saturated rings. The van der Waals surface area contributed by atoms with Crippen molar-refractivity contribution in [2.75, 3.05) is 13.1 Å². The molecule has 7 nitrogen and oxygen atoms in total. The number of hydrogen-bond donors (Lipinski definition) is 3. The van der Waals surface area contributed by atoms with Gasteiger partial charge in [0, 0.05) is 19.3 Å². The maximum Gasteiger partial charge on any atom is 0.281 e. The van der Waals surface area contributed by atoms with Crippen molar-refractivity contribution in [3.63, 3.8) is 0 Å². The fraction of sp³-hybridized carbons (Fsp3) is 0.375. The number of carbonyl (C=O) groups excluding carboxylic acids is 1. The molecule has 1 aliphatic rings.